The lowest BCUT2D eigenvalue weighted by atomic mass is 10.0. The van der Waals surface area contributed by atoms with Crippen LogP contribution in [0.3, 0.4) is 0 Å². The molecule has 0 aromatic carbocycles. The summed E-state index contributed by atoms with van der Waals surface area (Å²) in [7, 11) is 0. The molecule has 1 atom stereocenters. The minimum Gasteiger partial charge on any atom is -0.462 e. The van der Waals surface area contributed by atoms with Crippen molar-refractivity contribution in [1.82, 2.24) is 0 Å². The summed E-state index contributed by atoms with van der Waals surface area (Å²) in [5.41, 5.74) is 0. The van der Waals surface area contributed by atoms with Crippen molar-refractivity contribution in [2.75, 3.05) is 13.2 Å². The van der Waals surface area contributed by atoms with E-state index in [-0.39, 0.29) is 31.1 Å². The third-order valence-corrected chi connectivity index (χ3v) is 12.2. The number of esters is 3. The number of hydrogen-bond donors (Lipinski definition) is 0. The molecule has 0 saturated carbocycles. The number of unbranched alkanes of at least 4 members (excludes halogenated alkanes) is 28. The lowest BCUT2D eigenvalue weighted by Gasteiger charge is -2.18. The molecular weight excluding hydrogens is 829 g/mol. The molecule has 0 aromatic heterocycles. The number of hydrogen-bond acceptors (Lipinski definition) is 6. The molecular formula is C61H106O6. The molecule has 386 valence electrons. The van der Waals surface area contributed by atoms with Crippen LogP contribution in [0.4, 0.5) is 0 Å². The van der Waals surface area contributed by atoms with E-state index < -0.39 is 6.10 Å². The fourth-order valence-electron chi connectivity index (χ4n) is 7.93. The van der Waals surface area contributed by atoms with Gasteiger partial charge >= 0.3 is 17.9 Å². The Balaban J connectivity index is 4.43. The highest BCUT2D eigenvalue weighted by atomic mass is 16.6. The van der Waals surface area contributed by atoms with Gasteiger partial charge in [0.05, 0.1) is 0 Å². The highest BCUT2D eigenvalue weighted by molar-refractivity contribution is 5.71. The van der Waals surface area contributed by atoms with Crippen molar-refractivity contribution >= 4 is 17.9 Å². The maximum atomic E-state index is 12.9. The molecule has 67 heavy (non-hydrogen) atoms. The van der Waals surface area contributed by atoms with E-state index in [1.807, 2.05) is 0 Å². The molecule has 0 unspecified atom stereocenters. The molecule has 0 bridgehead atoms. The number of ether oxygens (including phenoxy) is 3. The van der Waals surface area contributed by atoms with Gasteiger partial charge in [0.1, 0.15) is 13.2 Å². The summed E-state index contributed by atoms with van der Waals surface area (Å²) in [5.74, 6) is -0.908. The second-order valence-electron chi connectivity index (χ2n) is 18.8. The summed E-state index contributed by atoms with van der Waals surface area (Å²) in [6.07, 6.45) is 70.3. The number of rotatable bonds is 51. The monoisotopic (exact) mass is 935 g/mol. The Kier molecular flexibility index (Phi) is 52.8. The summed E-state index contributed by atoms with van der Waals surface area (Å²) in [6, 6.07) is 0. The molecule has 0 rings (SSSR count). The van der Waals surface area contributed by atoms with Gasteiger partial charge in [-0.1, -0.05) is 241 Å². The highest BCUT2D eigenvalue weighted by Gasteiger charge is 2.19. The molecule has 0 spiro atoms. The fourth-order valence-corrected chi connectivity index (χ4v) is 7.93. The van der Waals surface area contributed by atoms with Gasteiger partial charge in [0.25, 0.3) is 0 Å². The van der Waals surface area contributed by atoms with E-state index in [4.69, 9.17) is 14.2 Å². The van der Waals surface area contributed by atoms with Gasteiger partial charge in [0.2, 0.25) is 0 Å². The van der Waals surface area contributed by atoms with Crippen molar-refractivity contribution in [2.24, 2.45) is 0 Å². The van der Waals surface area contributed by atoms with E-state index >= 15 is 0 Å². The SMILES string of the molecule is CC/C=C\C/C=C\C/C=C\C/C=C\CCCCCCC(=O)OC[C@H](COC(=O)CCCCCCCCCCCCCCCCC)OC(=O)CCCCCCCCC/C=C\C/C=C\CCCCC. The average Bonchev–Trinajstić information content (AvgIpc) is 3.33. The largest absolute Gasteiger partial charge is 0.462 e. The van der Waals surface area contributed by atoms with E-state index in [0.717, 1.165) is 109 Å². The number of carbonyl (C=O) groups is 3. The quantitative estimate of drug-likeness (QED) is 0.0262. The lowest BCUT2D eigenvalue weighted by molar-refractivity contribution is -0.167. The van der Waals surface area contributed by atoms with Crippen LogP contribution in [0.25, 0.3) is 0 Å². The van der Waals surface area contributed by atoms with Crippen LogP contribution < -0.4 is 0 Å². The van der Waals surface area contributed by atoms with Gasteiger partial charge in [-0.15, -0.1) is 0 Å². The molecule has 0 heterocycles. The van der Waals surface area contributed by atoms with E-state index in [9.17, 15) is 14.4 Å². The van der Waals surface area contributed by atoms with Crippen LogP contribution in [0, 0.1) is 0 Å². The Labute approximate surface area is 414 Å². The Morgan fingerprint density at radius 2 is 0.582 bits per heavy atom. The molecule has 0 fully saturated rings. The Bertz CT molecular complexity index is 1260. The summed E-state index contributed by atoms with van der Waals surface area (Å²) in [6.45, 7) is 6.50. The Morgan fingerprint density at radius 3 is 0.940 bits per heavy atom. The van der Waals surface area contributed by atoms with Gasteiger partial charge in [-0.3, -0.25) is 14.4 Å². The first kappa shape index (κ1) is 63.8. The van der Waals surface area contributed by atoms with Gasteiger partial charge in [0, 0.05) is 19.3 Å². The summed E-state index contributed by atoms with van der Waals surface area (Å²) < 4.78 is 16.8. The normalized spacial score (nSPS) is 12.6. The number of carbonyl (C=O) groups excluding carboxylic acids is 3. The molecule has 0 aliphatic heterocycles. The second kappa shape index (κ2) is 55.4. The smallest absolute Gasteiger partial charge is 0.306 e. The predicted octanol–water partition coefficient (Wildman–Crippen LogP) is 19.0. The molecule has 0 N–H and O–H groups in total. The molecule has 0 aliphatic rings. The van der Waals surface area contributed by atoms with Crippen molar-refractivity contribution in [3.05, 3.63) is 72.9 Å². The topological polar surface area (TPSA) is 78.9 Å². The van der Waals surface area contributed by atoms with Gasteiger partial charge < -0.3 is 14.2 Å². The standard InChI is InChI=1S/C61H106O6/c1-4-7-10-13-16-19-22-25-28-30-33-36-39-42-45-48-51-54-60(63)66-57-58(56-65-59(62)53-50-47-44-41-38-35-32-27-24-21-18-15-12-9-6-3)67-61(64)55-52-49-46-43-40-37-34-31-29-26-23-20-17-14-11-8-5-2/h7,10,16-17,19-20,25-26,28-29,33,36,58H,4-6,8-9,11-15,18,21-24,27,30-32,34-35,37-57H2,1-3H3/b10-7-,19-16-,20-17-,28-25-,29-26-,36-33-/t58-/m0/s1. The van der Waals surface area contributed by atoms with Gasteiger partial charge in [-0.25, -0.2) is 0 Å². The summed E-state index contributed by atoms with van der Waals surface area (Å²) >= 11 is 0. The molecule has 6 nitrogen and oxygen atoms in total. The van der Waals surface area contributed by atoms with Crippen molar-refractivity contribution in [1.29, 1.82) is 0 Å². The maximum absolute atomic E-state index is 12.9. The molecule has 0 aliphatic carbocycles. The molecule has 0 radical (unpaired) electrons. The van der Waals surface area contributed by atoms with Crippen LogP contribution in [-0.2, 0) is 28.6 Å². The van der Waals surface area contributed by atoms with Crippen LogP contribution in [-0.4, -0.2) is 37.2 Å². The Hall–Kier alpha value is -3.15. The summed E-state index contributed by atoms with van der Waals surface area (Å²) in [5, 5.41) is 0. The fraction of sp³-hybridized carbons (Fsp3) is 0.754. The van der Waals surface area contributed by atoms with Gasteiger partial charge in [-0.2, -0.15) is 0 Å². The van der Waals surface area contributed by atoms with Gasteiger partial charge in [0.15, 0.2) is 6.10 Å². The van der Waals surface area contributed by atoms with Crippen molar-refractivity contribution in [3.8, 4) is 0 Å². The molecule has 0 saturated heterocycles. The molecule has 6 heteroatoms. The summed E-state index contributed by atoms with van der Waals surface area (Å²) in [4.78, 5) is 38.1. The third kappa shape index (κ3) is 53.7. The Morgan fingerprint density at radius 1 is 0.313 bits per heavy atom. The van der Waals surface area contributed by atoms with Crippen LogP contribution in [0.15, 0.2) is 72.9 Å². The van der Waals surface area contributed by atoms with Gasteiger partial charge in [-0.05, 0) is 89.9 Å². The zero-order chi connectivity index (χ0) is 48.6. The average molecular weight is 936 g/mol. The highest BCUT2D eigenvalue weighted by Crippen LogP contribution is 2.16. The zero-order valence-corrected chi connectivity index (χ0v) is 44.2. The first-order chi connectivity index (χ1) is 33.0. The minimum atomic E-state index is -0.789. The maximum Gasteiger partial charge on any atom is 0.306 e. The van der Waals surface area contributed by atoms with Crippen molar-refractivity contribution in [3.63, 3.8) is 0 Å². The zero-order valence-electron chi connectivity index (χ0n) is 44.2. The number of allylic oxidation sites excluding steroid dienone is 12. The van der Waals surface area contributed by atoms with Crippen LogP contribution in [0.5, 0.6) is 0 Å². The van der Waals surface area contributed by atoms with E-state index in [2.05, 4.69) is 93.7 Å². The minimum absolute atomic E-state index is 0.0845. The second-order valence-corrected chi connectivity index (χ2v) is 18.8. The van der Waals surface area contributed by atoms with Crippen molar-refractivity contribution in [2.45, 2.75) is 284 Å². The van der Waals surface area contributed by atoms with Crippen LogP contribution in [0.2, 0.25) is 0 Å². The van der Waals surface area contributed by atoms with E-state index in [1.54, 1.807) is 0 Å². The first-order valence-electron chi connectivity index (χ1n) is 28.4. The van der Waals surface area contributed by atoms with Crippen LogP contribution in [0.1, 0.15) is 278 Å². The van der Waals surface area contributed by atoms with E-state index in [0.29, 0.717) is 19.3 Å². The van der Waals surface area contributed by atoms with Crippen molar-refractivity contribution < 1.29 is 28.6 Å². The lowest BCUT2D eigenvalue weighted by Crippen LogP contribution is -2.30. The first-order valence-corrected chi connectivity index (χ1v) is 28.4. The predicted molar refractivity (Wildman–Crippen MR) is 288 cm³/mol. The molecule has 0 amide bonds. The molecule has 0 aromatic rings. The van der Waals surface area contributed by atoms with Crippen LogP contribution >= 0.6 is 0 Å². The third-order valence-electron chi connectivity index (χ3n) is 12.2. The van der Waals surface area contributed by atoms with E-state index in [1.165, 1.54) is 128 Å².